The number of amides is 1. The Kier molecular flexibility index (Phi) is 4.73. The zero-order chi connectivity index (χ0) is 24.3. The third-order valence-corrected chi connectivity index (χ3v) is 7.49. The minimum Gasteiger partial charge on any atom is -0.507 e. The van der Waals surface area contributed by atoms with E-state index in [0.29, 0.717) is 11.4 Å². The minimum absolute atomic E-state index is 0.0240. The largest absolute Gasteiger partial charge is 0.507 e. The number of phenols is 1. The summed E-state index contributed by atoms with van der Waals surface area (Å²) in [6.07, 6.45) is 0.658. The third kappa shape index (κ3) is 3.31. The maximum absolute atomic E-state index is 13.1. The summed E-state index contributed by atoms with van der Waals surface area (Å²) < 4.78 is 0. The molecule has 2 unspecified atom stereocenters. The van der Waals surface area contributed by atoms with Crippen LogP contribution in [0.3, 0.4) is 0 Å². The highest BCUT2D eigenvalue weighted by molar-refractivity contribution is 6.34. The predicted octanol–water partition coefficient (Wildman–Crippen LogP) is 6.46. The lowest BCUT2D eigenvalue weighted by Gasteiger charge is -2.13. The van der Waals surface area contributed by atoms with Crippen molar-refractivity contribution in [2.24, 2.45) is 0 Å². The topological polar surface area (TPSA) is 86.6 Å². The van der Waals surface area contributed by atoms with Gasteiger partial charge in [0.05, 0.1) is 16.0 Å². The fourth-order valence-electron chi connectivity index (χ4n) is 5.24. The number of nitrogens with one attached hydrogen (secondary N) is 1. The predicted molar refractivity (Wildman–Crippen MR) is 135 cm³/mol. The Balaban J connectivity index is 1.36. The molecular weight excluding hydrogens is 462 g/mol. The zero-order valence-electron chi connectivity index (χ0n) is 18.5. The molecule has 6 rings (SSSR count). The van der Waals surface area contributed by atoms with E-state index in [0.717, 1.165) is 39.1 Å². The molecule has 1 fully saturated rings. The number of fused-ring (bicyclic) bond motifs is 2. The fraction of sp³-hybridized carbons (Fsp3) is 0.103. The van der Waals surface area contributed by atoms with Crippen LogP contribution in [0, 0.1) is 0 Å². The van der Waals surface area contributed by atoms with Crippen molar-refractivity contribution in [3.63, 3.8) is 0 Å². The molecule has 1 aliphatic carbocycles. The monoisotopic (exact) mass is 481 g/mol. The van der Waals surface area contributed by atoms with Crippen molar-refractivity contribution in [1.29, 1.82) is 0 Å². The van der Waals surface area contributed by atoms with Crippen LogP contribution in [0.1, 0.15) is 33.8 Å². The van der Waals surface area contributed by atoms with E-state index in [1.165, 1.54) is 0 Å². The molecule has 172 valence electrons. The Morgan fingerprint density at radius 3 is 2.23 bits per heavy atom. The normalized spacial score (nSPS) is 19.9. The Labute approximate surface area is 206 Å². The van der Waals surface area contributed by atoms with Gasteiger partial charge >= 0.3 is 5.97 Å². The Hall–Kier alpha value is -4.09. The van der Waals surface area contributed by atoms with Crippen LogP contribution >= 0.6 is 11.6 Å². The van der Waals surface area contributed by atoms with Crippen molar-refractivity contribution in [1.82, 2.24) is 0 Å². The van der Waals surface area contributed by atoms with Gasteiger partial charge in [-0.15, -0.1) is 0 Å². The summed E-state index contributed by atoms with van der Waals surface area (Å²) in [7, 11) is 0. The van der Waals surface area contributed by atoms with Crippen LogP contribution in [0.2, 0.25) is 5.02 Å². The van der Waals surface area contributed by atoms with Gasteiger partial charge in [-0.1, -0.05) is 66.2 Å². The van der Waals surface area contributed by atoms with Gasteiger partial charge in [0.2, 0.25) is 5.91 Å². The summed E-state index contributed by atoms with van der Waals surface area (Å²) in [5, 5.41) is 22.9. The highest BCUT2D eigenvalue weighted by atomic mass is 35.5. The van der Waals surface area contributed by atoms with Crippen LogP contribution in [-0.4, -0.2) is 22.1 Å². The number of halogens is 1. The summed E-state index contributed by atoms with van der Waals surface area (Å²) in [6.45, 7) is 0. The zero-order valence-corrected chi connectivity index (χ0v) is 19.2. The molecule has 1 heterocycles. The molecule has 1 saturated carbocycles. The van der Waals surface area contributed by atoms with E-state index >= 15 is 0 Å². The van der Waals surface area contributed by atoms with Crippen LogP contribution in [-0.2, 0) is 10.2 Å². The van der Waals surface area contributed by atoms with Gasteiger partial charge in [0.25, 0.3) is 0 Å². The first-order valence-electron chi connectivity index (χ1n) is 11.3. The second-order valence-electron chi connectivity index (χ2n) is 9.08. The molecule has 1 amide bonds. The minimum atomic E-state index is -0.973. The third-order valence-electron chi connectivity index (χ3n) is 7.17. The number of anilines is 1. The number of carboxylic acid groups (broad SMARTS) is 1. The molecule has 1 spiro atoms. The second kappa shape index (κ2) is 7.72. The average Bonchev–Trinajstić information content (AvgIpc) is 3.55. The number of carbonyl (C=O) groups excluding carboxylic acids is 1. The van der Waals surface area contributed by atoms with E-state index in [9.17, 15) is 19.8 Å². The summed E-state index contributed by atoms with van der Waals surface area (Å²) >= 11 is 6.64. The van der Waals surface area contributed by atoms with Crippen LogP contribution in [0.5, 0.6) is 5.75 Å². The molecule has 0 bridgehead atoms. The molecule has 2 atom stereocenters. The molecule has 35 heavy (non-hydrogen) atoms. The molecule has 1 aliphatic heterocycles. The first kappa shape index (κ1) is 21.4. The SMILES string of the molecule is O=C(O)c1ccc(C2CC23C(=O)Nc2cc(Cl)c(-c4ccc(-c5ccccc5O)cc4)cc23)cc1. The van der Waals surface area contributed by atoms with Crippen molar-refractivity contribution < 1.29 is 19.8 Å². The molecule has 3 N–H and O–H groups in total. The van der Waals surface area contributed by atoms with Gasteiger partial charge in [-0.3, -0.25) is 4.79 Å². The summed E-state index contributed by atoms with van der Waals surface area (Å²) in [4.78, 5) is 24.3. The number of hydrogen-bond donors (Lipinski definition) is 3. The van der Waals surface area contributed by atoms with E-state index in [4.69, 9.17) is 11.6 Å². The van der Waals surface area contributed by atoms with Crippen LogP contribution < -0.4 is 5.32 Å². The lowest BCUT2D eigenvalue weighted by molar-refractivity contribution is -0.118. The van der Waals surface area contributed by atoms with E-state index in [2.05, 4.69) is 5.32 Å². The van der Waals surface area contributed by atoms with E-state index < -0.39 is 11.4 Å². The first-order chi connectivity index (χ1) is 16.9. The maximum atomic E-state index is 13.1. The Morgan fingerprint density at radius 2 is 1.57 bits per heavy atom. The van der Waals surface area contributed by atoms with Gasteiger partial charge in [0.1, 0.15) is 5.75 Å². The molecule has 5 nitrogen and oxygen atoms in total. The molecule has 2 aliphatic rings. The first-order valence-corrected chi connectivity index (χ1v) is 11.6. The average molecular weight is 482 g/mol. The van der Waals surface area contributed by atoms with Gasteiger partial charge in [-0.25, -0.2) is 4.79 Å². The number of aromatic hydroxyl groups is 1. The quantitative estimate of drug-likeness (QED) is 0.312. The lowest BCUT2D eigenvalue weighted by atomic mass is 9.89. The smallest absolute Gasteiger partial charge is 0.335 e. The van der Waals surface area contributed by atoms with Crippen molar-refractivity contribution in [2.45, 2.75) is 17.8 Å². The van der Waals surface area contributed by atoms with Crippen molar-refractivity contribution in [2.75, 3.05) is 5.32 Å². The van der Waals surface area contributed by atoms with Crippen molar-refractivity contribution in [3.05, 3.63) is 107 Å². The Morgan fingerprint density at radius 1 is 0.914 bits per heavy atom. The second-order valence-corrected chi connectivity index (χ2v) is 9.49. The number of phenolic OH excluding ortho intramolecular Hbond substituents is 1. The highest BCUT2D eigenvalue weighted by Gasteiger charge is 2.65. The summed E-state index contributed by atoms with van der Waals surface area (Å²) in [6, 6.07) is 25.5. The molecule has 0 radical (unpaired) electrons. The van der Waals surface area contributed by atoms with Crippen LogP contribution in [0.4, 0.5) is 5.69 Å². The fourth-order valence-corrected chi connectivity index (χ4v) is 5.52. The number of hydrogen-bond acceptors (Lipinski definition) is 3. The van der Waals surface area contributed by atoms with Crippen molar-refractivity contribution >= 4 is 29.2 Å². The number of rotatable bonds is 4. The maximum Gasteiger partial charge on any atom is 0.335 e. The van der Waals surface area contributed by atoms with Gasteiger partial charge in [0, 0.05) is 22.7 Å². The molecule has 0 aromatic heterocycles. The number of carbonyl (C=O) groups is 2. The number of benzene rings is 4. The number of para-hydroxylation sites is 1. The van der Waals surface area contributed by atoms with Crippen molar-refractivity contribution in [3.8, 4) is 28.0 Å². The molecule has 4 aromatic carbocycles. The van der Waals surface area contributed by atoms with Gasteiger partial charge < -0.3 is 15.5 Å². The van der Waals surface area contributed by atoms with E-state index in [-0.39, 0.29) is 23.1 Å². The van der Waals surface area contributed by atoms with Gasteiger partial charge in [-0.2, -0.15) is 0 Å². The summed E-state index contributed by atoms with van der Waals surface area (Å²) in [5.41, 5.74) is 5.52. The molecule has 4 aromatic rings. The van der Waals surface area contributed by atoms with E-state index in [1.807, 2.05) is 42.5 Å². The molecule has 0 saturated heterocycles. The number of carboxylic acids is 1. The molecular formula is C29H20ClNO4. The standard InChI is InChI=1S/C29H20ClNO4/c30-24-14-25-22(13-21(24)17-7-5-16(6-8-17)20-3-1-2-4-26(20)32)29(28(35)31-25)15-23(29)18-9-11-19(12-10-18)27(33)34/h1-14,23,32H,15H2,(H,31,35)(H,33,34). The lowest BCUT2D eigenvalue weighted by Crippen LogP contribution is -2.21. The Bertz CT molecular complexity index is 1510. The van der Waals surface area contributed by atoms with Crippen LogP contribution in [0.25, 0.3) is 22.3 Å². The van der Waals surface area contributed by atoms with Gasteiger partial charge in [-0.05, 0) is 59.0 Å². The van der Waals surface area contributed by atoms with E-state index in [1.54, 1.807) is 42.5 Å². The highest BCUT2D eigenvalue weighted by Crippen LogP contribution is 2.65. The summed E-state index contributed by atoms with van der Waals surface area (Å²) in [5.74, 6) is -0.829. The number of aromatic carboxylic acids is 1. The molecule has 6 heteroatoms. The van der Waals surface area contributed by atoms with Crippen LogP contribution in [0.15, 0.2) is 84.9 Å². The van der Waals surface area contributed by atoms with Gasteiger partial charge in [0.15, 0.2) is 0 Å².